The molecule has 20 heavy (non-hydrogen) atoms. The van der Waals surface area contributed by atoms with E-state index in [1.807, 2.05) is 0 Å². The lowest BCUT2D eigenvalue weighted by Gasteiger charge is -2.35. The molecule has 1 aliphatic heterocycles. The number of alkyl halides is 3. The third kappa shape index (κ3) is 4.71. The quantitative estimate of drug-likeness (QED) is 0.768. The molecule has 0 aliphatic carbocycles. The summed E-state index contributed by atoms with van der Waals surface area (Å²) in [5.74, 6) is -0.316. The van der Waals surface area contributed by atoms with Gasteiger partial charge in [-0.1, -0.05) is 6.07 Å². The van der Waals surface area contributed by atoms with Crippen LogP contribution >= 0.6 is 15.9 Å². The average Bonchev–Trinajstić information content (AvgIpc) is 2.35. The van der Waals surface area contributed by atoms with Crippen LogP contribution in [-0.4, -0.2) is 48.7 Å². The van der Waals surface area contributed by atoms with Crippen molar-refractivity contribution < 1.29 is 17.6 Å². The van der Waals surface area contributed by atoms with Crippen LogP contribution < -0.4 is 0 Å². The SMILES string of the molecule is Fc1ccc(CN2CCN(CC(F)(F)F)CC2)cc1Br. The summed E-state index contributed by atoms with van der Waals surface area (Å²) in [7, 11) is 0. The highest BCUT2D eigenvalue weighted by molar-refractivity contribution is 9.10. The van der Waals surface area contributed by atoms with E-state index in [4.69, 9.17) is 0 Å². The summed E-state index contributed by atoms with van der Waals surface area (Å²) in [6.07, 6.45) is -4.13. The fourth-order valence-electron chi connectivity index (χ4n) is 2.26. The van der Waals surface area contributed by atoms with Gasteiger partial charge in [0.2, 0.25) is 0 Å². The number of nitrogens with zero attached hydrogens (tertiary/aromatic N) is 2. The molecule has 7 heteroatoms. The maximum atomic E-state index is 13.1. The molecule has 0 aromatic heterocycles. The third-order valence-corrected chi connectivity index (χ3v) is 3.87. The van der Waals surface area contributed by atoms with E-state index in [1.165, 1.54) is 11.0 Å². The Morgan fingerprint density at radius 2 is 1.65 bits per heavy atom. The van der Waals surface area contributed by atoms with Crippen LogP contribution in [0.4, 0.5) is 17.6 Å². The number of benzene rings is 1. The second kappa shape index (κ2) is 6.41. The fourth-order valence-corrected chi connectivity index (χ4v) is 2.68. The first-order valence-electron chi connectivity index (χ1n) is 6.29. The van der Waals surface area contributed by atoms with Crippen molar-refractivity contribution in [3.8, 4) is 0 Å². The van der Waals surface area contributed by atoms with Crippen molar-refractivity contribution in [1.29, 1.82) is 0 Å². The lowest BCUT2D eigenvalue weighted by atomic mass is 10.2. The first-order chi connectivity index (χ1) is 9.33. The van der Waals surface area contributed by atoms with E-state index in [0.717, 1.165) is 5.56 Å². The van der Waals surface area contributed by atoms with E-state index >= 15 is 0 Å². The minimum absolute atomic E-state index is 0.316. The summed E-state index contributed by atoms with van der Waals surface area (Å²) >= 11 is 3.13. The summed E-state index contributed by atoms with van der Waals surface area (Å²) in [4.78, 5) is 3.49. The van der Waals surface area contributed by atoms with Gasteiger partial charge in [-0.05, 0) is 33.6 Å². The normalized spacial score (nSPS) is 18.4. The minimum atomic E-state index is -4.13. The van der Waals surface area contributed by atoms with Gasteiger partial charge >= 0.3 is 6.18 Å². The molecule has 0 radical (unpaired) electrons. The Kier molecular flexibility index (Phi) is 5.04. The van der Waals surface area contributed by atoms with Crippen LogP contribution in [0.1, 0.15) is 5.56 Å². The van der Waals surface area contributed by atoms with Crippen molar-refractivity contribution in [2.45, 2.75) is 12.7 Å². The van der Waals surface area contributed by atoms with Crippen molar-refractivity contribution in [3.05, 3.63) is 34.1 Å². The summed E-state index contributed by atoms with van der Waals surface area (Å²) in [6.45, 7) is 1.77. The minimum Gasteiger partial charge on any atom is -0.297 e. The van der Waals surface area contributed by atoms with Crippen molar-refractivity contribution in [2.24, 2.45) is 0 Å². The van der Waals surface area contributed by atoms with Crippen LogP contribution in [0.25, 0.3) is 0 Å². The summed E-state index contributed by atoms with van der Waals surface area (Å²) in [5.41, 5.74) is 0.947. The largest absolute Gasteiger partial charge is 0.401 e. The standard InChI is InChI=1S/C13H15BrF4N2/c14-11-7-10(1-2-12(11)15)8-19-3-5-20(6-4-19)9-13(16,17)18/h1-2,7H,3-6,8-9H2. The molecule has 0 amide bonds. The molecule has 2 rings (SSSR count). The molecular weight excluding hydrogens is 340 g/mol. The molecule has 0 unspecified atom stereocenters. The molecule has 1 saturated heterocycles. The Morgan fingerprint density at radius 1 is 1.05 bits per heavy atom. The van der Waals surface area contributed by atoms with Crippen LogP contribution in [0.5, 0.6) is 0 Å². The van der Waals surface area contributed by atoms with Gasteiger partial charge in [-0.25, -0.2) is 4.39 Å². The van der Waals surface area contributed by atoms with Crippen LogP contribution in [0, 0.1) is 5.82 Å². The van der Waals surface area contributed by atoms with E-state index in [9.17, 15) is 17.6 Å². The van der Waals surface area contributed by atoms with E-state index < -0.39 is 12.7 Å². The molecule has 2 nitrogen and oxygen atoms in total. The van der Waals surface area contributed by atoms with Gasteiger partial charge in [0.25, 0.3) is 0 Å². The monoisotopic (exact) mass is 354 g/mol. The molecule has 0 N–H and O–H groups in total. The van der Waals surface area contributed by atoms with Crippen molar-refractivity contribution in [1.82, 2.24) is 9.80 Å². The topological polar surface area (TPSA) is 6.48 Å². The van der Waals surface area contributed by atoms with Crippen molar-refractivity contribution in [3.63, 3.8) is 0 Å². The van der Waals surface area contributed by atoms with Gasteiger partial charge < -0.3 is 0 Å². The summed E-state index contributed by atoms with van der Waals surface area (Å²) in [6, 6.07) is 4.79. The zero-order valence-electron chi connectivity index (χ0n) is 10.8. The molecule has 1 aliphatic rings. The maximum Gasteiger partial charge on any atom is 0.401 e. The number of piperazine rings is 1. The maximum absolute atomic E-state index is 13.1. The Morgan fingerprint density at radius 3 is 2.20 bits per heavy atom. The van der Waals surface area contributed by atoms with E-state index in [0.29, 0.717) is 37.2 Å². The van der Waals surface area contributed by atoms with Crippen LogP contribution in [0.15, 0.2) is 22.7 Å². The molecule has 112 valence electrons. The molecule has 0 bridgehead atoms. The Bertz CT molecular complexity index is 456. The Hall–Kier alpha value is -0.660. The molecule has 0 spiro atoms. The van der Waals surface area contributed by atoms with E-state index in [2.05, 4.69) is 20.8 Å². The molecule has 0 atom stereocenters. The highest BCUT2D eigenvalue weighted by atomic mass is 79.9. The predicted molar refractivity (Wildman–Crippen MR) is 71.9 cm³/mol. The number of hydrogen-bond donors (Lipinski definition) is 0. The summed E-state index contributed by atoms with van der Waals surface area (Å²) in [5, 5.41) is 0. The van der Waals surface area contributed by atoms with Crippen LogP contribution in [0.3, 0.4) is 0 Å². The van der Waals surface area contributed by atoms with Crippen LogP contribution in [-0.2, 0) is 6.54 Å². The van der Waals surface area contributed by atoms with Gasteiger partial charge in [-0.2, -0.15) is 13.2 Å². The molecule has 1 heterocycles. The van der Waals surface area contributed by atoms with Gasteiger partial charge in [0.15, 0.2) is 0 Å². The summed E-state index contributed by atoms with van der Waals surface area (Å²) < 4.78 is 50.3. The average molecular weight is 355 g/mol. The molecular formula is C13H15BrF4N2. The lowest BCUT2D eigenvalue weighted by Crippen LogP contribution is -2.48. The van der Waals surface area contributed by atoms with Gasteiger partial charge in [0, 0.05) is 32.7 Å². The zero-order chi connectivity index (χ0) is 14.8. The van der Waals surface area contributed by atoms with Gasteiger partial charge in [-0.15, -0.1) is 0 Å². The smallest absolute Gasteiger partial charge is 0.297 e. The molecule has 1 aromatic carbocycles. The van der Waals surface area contributed by atoms with E-state index in [1.54, 1.807) is 12.1 Å². The van der Waals surface area contributed by atoms with Crippen molar-refractivity contribution in [2.75, 3.05) is 32.7 Å². The molecule has 0 saturated carbocycles. The first-order valence-corrected chi connectivity index (χ1v) is 7.08. The highest BCUT2D eigenvalue weighted by Crippen LogP contribution is 2.20. The second-order valence-electron chi connectivity index (χ2n) is 4.92. The highest BCUT2D eigenvalue weighted by Gasteiger charge is 2.32. The first kappa shape index (κ1) is 15.7. The van der Waals surface area contributed by atoms with Crippen LogP contribution in [0.2, 0.25) is 0 Å². The van der Waals surface area contributed by atoms with Gasteiger partial charge in [-0.3, -0.25) is 9.80 Å². The zero-order valence-corrected chi connectivity index (χ0v) is 12.3. The van der Waals surface area contributed by atoms with Crippen molar-refractivity contribution >= 4 is 15.9 Å². The number of rotatable bonds is 3. The van der Waals surface area contributed by atoms with Gasteiger partial charge in [0.1, 0.15) is 5.82 Å². The second-order valence-corrected chi connectivity index (χ2v) is 5.77. The Balaban J connectivity index is 1.83. The van der Waals surface area contributed by atoms with E-state index in [-0.39, 0.29) is 5.82 Å². The number of halogens is 5. The van der Waals surface area contributed by atoms with Gasteiger partial charge in [0.05, 0.1) is 11.0 Å². The fraction of sp³-hybridized carbons (Fsp3) is 0.538. The lowest BCUT2D eigenvalue weighted by molar-refractivity contribution is -0.149. The number of hydrogen-bond acceptors (Lipinski definition) is 2. The molecule has 1 aromatic rings. The Labute approximate surface area is 123 Å². The molecule has 1 fully saturated rings. The predicted octanol–water partition coefficient (Wildman–Crippen LogP) is 3.27. The third-order valence-electron chi connectivity index (χ3n) is 3.26.